The second-order valence-corrected chi connectivity index (χ2v) is 7.86. The van der Waals surface area contributed by atoms with Crippen molar-refractivity contribution in [3.05, 3.63) is 81.8 Å². The van der Waals surface area contributed by atoms with Gasteiger partial charge in [-0.05, 0) is 55.0 Å². The zero-order valence-corrected chi connectivity index (χ0v) is 20.5. The third-order valence-corrected chi connectivity index (χ3v) is 5.21. The second kappa shape index (κ2) is 12.6. The van der Waals surface area contributed by atoms with Crippen LogP contribution in [0.2, 0.25) is 10.0 Å². The molecule has 0 aromatic heterocycles. The van der Waals surface area contributed by atoms with Gasteiger partial charge in [0.25, 0.3) is 0 Å². The predicted octanol–water partition coefficient (Wildman–Crippen LogP) is 5.07. The quantitative estimate of drug-likeness (QED) is 0.235. The minimum Gasteiger partial charge on any atom is -0.495 e. The number of halogens is 2. The number of nitrogens with zero attached hydrogens (tertiary/aromatic N) is 1. The lowest BCUT2D eigenvalue weighted by Crippen LogP contribution is -2.32. The zero-order valence-electron chi connectivity index (χ0n) is 19.0. The Morgan fingerprint density at radius 2 is 1.71 bits per heavy atom. The van der Waals surface area contributed by atoms with E-state index in [1.54, 1.807) is 36.4 Å². The van der Waals surface area contributed by atoms with Gasteiger partial charge in [-0.3, -0.25) is 9.59 Å². The summed E-state index contributed by atoms with van der Waals surface area (Å²) in [7, 11) is 1.44. The lowest BCUT2D eigenvalue weighted by molar-refractivity contribution is -0.136. The molecule has 3 aromatic carbocycles. The van der Waals surface area contributed by atoms with Crippen molar-refractivity contribution in [2.24, 2.45) is 5.10 Å². The summed E-state index contributed by atoms with van der Waals surface area (Å²) >= 11 is 12.1. The van der Waals surface area contributed by atoms with Gasteiger partial charge in [-0.25, -0.2) is 5.43 Å². The van der Waals surface area contributed by atoms with Gasteiger partial charge in [-0.1, -0.05) is 41.4 Å². The van der Waals surface area contributed by atoms with Crippen LogP contribution in [0.25, 0.3) is 0 Å². The van der Waals surface area contributed by atoms with Crippen LogP contribution in [0.15, 0.2) is 65.8 Å². The molecule has 0 spiro atoms. The lowest BCUT2D eigenvalue weighted by Gasteiger charge is -2.13. The smallest absolute Gasteiger partial charge is 0.329 e. The maximum atomic E-state index is 12.2. The largest absolute Gasteiger partial charge is 0.495 e. The SMILES string of the molecule is CCOc1cc(C=NNC(=O)C(=O)Nc2cc(Cl)ccc2OC)ccc1OCc1ccccc1Cl. The number of hydrazone groups is 1. The number of hydrogen-bond acceptors (Lipinski definition) is 6. The number of methoxy groups -OCH3 is 1. The van der Waals surface area contributed by atoms with E-state index in [2.05, 4.69) is 15.8 Å². The molecule has 0 saturated carbocycles. The monoisotopic (exact) mass is 515 g/mol. The Labute approximate surface area is 212 Å². The van der Waals surface area contributed by atoms with E-state index in [4.69, 9.17) is 37.4 Å². The fourth-order valence-electron chi connectivity index (χ4n) is 2.94. The van der Waals surface area contributed by atoms with E-state index in [0.717, 1.165) is 5.56 Å². The first kappa shape index (κ1) is 25.9. The molecule has 0 radical (unpaired) electrons. The van der Waals surface area contributed by atoms with E-state index in [9.17, 15) is 9.59 Å². The standard InChI is InChI=1S/C25H23Cl2N3O5/c1-3-34-23-12-16(8-10-22(23)35-15-17-6-4-5-7-19(17)27)14-28-30-25(32)24(31)29-20-13-18(26)9-11-21(20)33-2/h4-14H,3,15H2,1-2H3,(H,29,31)(H,30,32). The van der Waals surface area contributed by atoms with Gasteiger partial charge in [0.15, 0.2) is 11.5 Å². The van der Waals surface area contributed by atoms with E-state index < -0.39 is 11.8 Å². The molecule has 3 aromatic rings. The number of benzene rings is 3. The first-order chi connectivity index (χ1) is 16.9. The molecule has 0 aliphatic rings. The van der Waals surface area contributed by atoms with Gasteiger partial charge in [-0.15, -0.1) is 0 Å². The molecule has 3 rings (SSSR count). The number of hydrogen-bond donors (Lipinski definition) is 2. The van der Waals surface area contributed by atoms with Crippen molar-refractivity contribution in [1.82, 2.24) is 5.43 Å². The first-order valence-electron chi connectivity index (χ1n) is 10.5. The van der Waals surface area contributed by atoms with Crippen molar-refractivity contribution in [2.75, 3.05) is 19.0 Å². The van der Waals surface area contributed by atoms with Gasteiger partial charge >= 0.3 is 11.8 Å². The molecule has 0 fully saturated rings. The van der Waals surface area contributed by atoms with Gasteiger partial charge in [0.1, 0.15) is 12.4 Å². The zero-order chi connectivity index (χ0) is 25.2. The molecule has 0 saturated heterocycles. The van der Waals surface area contributed by atoms with Crippen LogP contribution in [0.5, 0.6) is 17.2 Å². The van der Waals surface area contributed by atoms with Crippen molar-refractivity contribution >= 4 is 46.9 Å². The fourth-order valence-corrected chi connectivity index (χ4v) is 3.30. The Bertz CT molecular complexity index is 1230. The molecule has 0 bridgehead atoms. The summed E-state index contributed by atoms with van der Waals surface area (Å²) < 4.78 is 16.7. The molecule has 35 heavy (non-hydrogen) atoms. The Morgan fingerprint density at radius 3 is 2.46 bits per heavy atom. The van der Waals surface area contributed by atoms with Crippen LogP contribution in [0, 0.1) is 0 Å². The summed E-state index contributed by atoms with van der Waals surface area (Å²) in [5.74, 6) is -0.503. The molecule has 0 aliphatic heterocycles. The Balaban J connectivity index is 1.62. The Hall–Kier alpha value is -3.75. The van der Waals surface area contributed by atoms with Crippen molar-refractivity contribution < 1.29 is 23.8 Å². The molecule has 0 aliphatic carbocycles. The van der Waals surface area contributed by atoms with Gasteiger partial charge in [-0.2, -0.15) is 5.10 Å². The number of ether oxygens (including phenoxy) is 3. The summed E-state index contributed by atoms with van der Waals surface area (Å²) in [4.78, 5) is 24.3. The van der Waals surface area contributed by atoms with Crippen molar-refractivity contribution in [3.63, 3.8) is 0 Å². The van der Waals surface area contributed by atoms with Crippen LogP contribution in [-0.2, 0) is 16.2 Å². The Morgan fingerprint density at radius 1 is 0.943 bits per heavy atom. The van der Waals surface area contributed by atoms with Crippen LogP contribution < -0.4 is 25.0 Å². The Kier molecular flexibility index (Phi) is 9.34. The van der Waals surface area contributed by atoms with E-state index in [0.29, 0.717) is 39.5 Å². The van der Waals surface area contributed by atoms with Crippen LogP contribution in [0.4, 0.5) is 5.69 Å². The summed E-state index contributed by atoms with van der Waals surface area (Å²) in [6, 6.07) is 17.2. The third kappa shape index (κ3) is 7.37. The maximum Gasteiger partial charge on any atom is 0.329 e. The normalized spacial score (nSPS) is 10.6. The minimum absolute atomic E-state index is 0.262. The molecule has 10 heteroatoms. The highest BCUT2D eigenvalue weighted by Gasteiger charge is 2.16. The molecule has 0 unspecified atom stereocenters. The molecule has 182 valence electrons. The number of carbonyl (C=O) groups is 2. The molecule has 0 atom stereocenters. The van der Waals surface area contributed by atoms with E-state index in [-0.39, 0.29) is 12.3 Å². The minimum atomic E-state index is -0.965. The number of rotatable bonds is 9. The number of anilines is 1. The van der Waals surface area contributed by atoms with Crippen LogP contribution in [-0.4, -0.2) is 31.7 Å². The fraction of sp³-hybridized carbons (Fsp3) is 0.160. The van der Waals surface area contributed by atoms with Crippen LogP contribution >= 0.6 is 23.2 Å². The maximum absolute atomic E-state index is 12.2. The second-order valence-electron chi connectivity index (χ2n) is 7.02. The molecular weight excluding hydrogens is 493 g/mol. The van der Waals surface area contributed by atoms with Crippen LogP contribution in [0.3, 0.4) is 0 Å². The summed E-state index contributed by atoms with van der Waals surface area (Å²) in [5, 5.41) is 7.27. The highest BCUT2D eigenvalue weighted by atomic mass is 35.5. The van der Waals surface area contributed by atoms with E-state index in [1.165, 1.54) is 19.4 Å². The van der Waals surface area contributed by atoms with Crippen molar-refractivity contribution in [2.45, 2.75) is 13.5 Å². The summed E-state index contributed by atoms with van der Waals surface area (Å²) in [5.41, 5.74) is 3.91. The number of nitrogens with one attached hydrogen (secondary N) is 2. The molecule has 8 nitrogen and oxygen atoms in total. The van der Waals surface area contributed by atoms with Gasteiger partial charge in [0.2, 0.25) is 0 Å². The molecule has 2 N–H and O–H groups in total. The molecular formula is C25H23Cl2N3O5. The van der Waals surface area contributed by atoms with Crippen LogP contribution in [0.1, 0.15) is 18.1 Å². The number of carbonyl (C=O) groups excluding carboxylic acids is 2. The van der Waals surface area contributed by atoms with Gasteiger partial charge < -0.3 is 19.5 Å². The lowest BCUT2D eigenvalue weighted by atomic mass is 10.2. The summed E-state index contributed by atoms with van der Waals surface area (Å²) in [6.45, 7) is 2.55. The first-order valence-corrected chi connectivity index (χ1v) is 11.3. The predicted molar refractivity (Wildman–Crippen MR) is 136 cm³/mol. The average molecular weight is 516 g/mol. The van der Waals surface area contributed by atoms with E-state index in [1.807, 2.05) is 25.1 Å². The van der Waals surface area contributed by atoms with Crippen molar-refractivity contribution in [3.8, 4) is 17.2 Å². The topological polar surface area (TPSA) is 98.2 Å². The van der Waals surface area contributed by atoms with Gasteiger partial charge in [0.05, 0.1) is 25.6 Å². The van der Waals surface area contributed by atoms with Crippen molar-refractivity contribution in [1.29, 1.82) is 0 Å². The van der Waals surface area contributed by atoms with Gasteiger partial charge in [0, 0.05) is 15.6 Å². The molecule has 0 heterocycles. The van der Waals surface area contributed by atoms with E-state index >= 15 is 0 Å². The third-order valence-electron chi connectivity index (χ3n) is 4.60. The molecule has 2 amide bonds. The average Bonchev–Trinajstić information content (AvgIpc) is 2.84. The highest BCUT2D eigenvalue weighted by Crippen LogP contribution is 2.30. The number of amides is 2. The highest BCUT2D eigenvalue weighted by molar-refractivity contribution is 6.40. The summed E-state index contributed by atoms with van der Waals surface area (Å²) in [6.07, 6.45) is 1.38.